The van der Waals surface area contributed by atoms with Gasteiger partial charge in [-0.25, -0.2) is 18.1 Å². The number of nitrogens with zero attached hydrogens (tertiary/aromatic N) is 1. The van der Waals surface area contributed by atoms with Crippen LogP contribution in [0.15, 0.2) is 65.6 Å². The third-order valence-corrected chi connectivity index (χ3v) is 6.31. The number of imidazole rings is 1. The smallest absolute Gasteiger partial charge is 0.240 e. The van der Waals surface area contributed by atoms with Gasteiger partial charge in [0.15, 0.2) is 11.5 Å². The Morgan fingerprint density at radius 1 is 1.03 bits per heavy atom. The molecule has 3 aromatic carbocycles. The molecule has 0 spiro atoms. The largest absolute Gasteiger partial charge is 0.504 e. The number of hydrogen-bond acceptors (Lipinski definition) is 7. The van der Waals surface area contributed by atoms with E-state index < -0.39 is 10.0 Å². The predicted molar refractivity (Wildman–Crippen MR) is 122 cm³/mol. The Morgan fingerprint density at radius 2 is 1.81 bits per heavy atom. The lowest BCUT2D eigenvalue weighted by atomic mass is 10.1. The Kier molecular flexibility index (Phi) is 5.89. The van der Waals surface area contributed by atoms with Gasteiger partial charge in [0.1, 0.15) is 5.82 Å². The Balaban J connectivity index is 1.44. The normalized spacial score (nSPS) is 11.5. The summed E-state index contributed by atoms with van der Waals surface area (Å²) in [5, 5.41) is 22.9. The summed E-state index contributed by atoms with van der Waals surface area (Å²) >= 11 is 0. The number of fused-ring (bicyclic) bond motifs is 1. The van der Waals surface area contributed by atoms with Gasteiger partial charge < -0.3 is 25.3 Å². The lowest BCUT2D eigenvalue weighted by Crippen LogP contribution is -2.28. The van der Waals surface area contributed by atoms with Gasteiger partial charge in [-0.1, -0.05) is 18.2 Å². The van der Waals surface area contributed by atoms with Crippen LogP contribution in [0.5, 0.6) is 17.2 Å². The SMILES string of the molecule is COc1cc(-c2nc3cc(NCCNS(=O)(=O)c4ccccc4)ccc3[nH]2)cc(O)c1O. The highest BCUT2D eigenvalue weighted by molar-refractivity contribution is 7.89. The fourth-order valence-corrected chi connectivity index (χ4v) is 4.27. The van der Waals surface area contributed by atoms with Crippen LogP contribution in [0.4, 0.5) is 5.69 Å². The van der Waals surface area contributed by atoms with Crippen molar-refractivity contribution < 1.29 is 23.4 Å². The van der Waals surface area contributed by atoms with Crippen LogP contribution in [0.2, 0.25) is 0 Å². The minimum Gasteiger partial charge on any atom is -0.504 e. The molecule has 0 fully saturated rings. The zero-order valence-electron chi connectivity index (χ0n) is 17.2. The topological polar surface area (TPSA) is 137 Å². The van der Waals surface area contributed by atoms with Crippen molar-refractivity contribution in [1.29, 1.82) is 0 Å². The standard InChI is InChI=1S/C22H22N4O5S/c1-31-20-12-14(11-19(27)21(20)28)22-25-17-8-7-15(13-18(17)26-22)23-9-10-24-32(29,30)16-5-3-2-4-6-16/h2-8,11-13,23-24,27-28H,9-10H2,1H3,(H,25,26). The van der Waals surface area contributed by atoms with Crippen molar-refractivity contribution in [1.82, 2.24) is 14.7 Å². The van der Waals surface area contributed by atoms with Gasteiger partial charge >= 0.3 is 0 Å². The summed E-state index contributed by atoms with van der Waals surface area (Å²) in [6.45, 7) is 0.603. The maximum atomic E-state index is 12.3. The average Bonchev–Trinajstić information content (AvgIpc) is 3.22. The first-order valence-electron chi connectivity index (χ1n) is 9.76. The first kappa shape index (κ1) is 21.5. The van der Waals surface area contributed by atoms with Gasteiger partial charge in [-0.2, -0.15) is 0 Å². The van der Waals surface area contributed by atoms with E-state index in [-0.39, 0.29) is 28.7 Å². The number of aromatic amines is 1. The second-order valence-corrected chi connectivity index (χ2v) is 8.77. The van der Waals surface area contributed by atoms with E-state index in [1.165, 1.54) is 13.2 Å². The second-order valence-electron chi connectivity index (χ2n) is 7.00. The molecule has 0 amide bonds. The van der Waals surface area contributed by atoms with E-state index >= 15 is 0 Å². The predicted octanol–water partition coefficient (Wildman–Crippen LogP) is 3.04. The van der Waals surface area contributed by atoms with Crippen molar-refractivity contribution in [3.8, 4) is 28.6 Å². The van der Waals surface area contributed by atoms with Crippen LogP contribution in [0.25, 0.3) is 22.4 Å². The van der Waals surface area contributed by atoms with Crippen molar-refractivity contribution in [2.24, 2.45) is 0 Å². The number of sulfonamides is 1. The Labute approximate surface area is 184 Å². The molecular weight excluding hydrogens is 432 g/mol. The van der Waals surface area contributed by atoms with Gasteiger partial charge in [-0.3, -0.25) is 0 Å². The van der Waals surface area contributed by atoms with Crippen LogP contribution in [0, 0.1) is 0 Å². The number of rotatable bonds is 8. The van der Waals surface area contributed by atoms with Crippen molar-refractivity contribution in [3.63, 3.8) is 0 Å². The van der Waals surface area contributed by atoms with Crippen molar-refractivity contribution in [2.75, 3.05) is 25.5 Å². The third-order valence-electron chi connectivity index (χ3n) is 4.83. The molecule has 0 atom stereocenters. The summed E-state index contributed by atoms with van der Waals surface area (Å²) in [5.41, 5.74) is 2.79. The van der Waals surface area contributed by atoms with Gasteiger partial charge in [0.2, 0.25) is 15.8 Å². The Hall–Kier alpha value is -3.76. The van der Waals surface area contributed by atoms with E-state index in [0.717, 1.165) is 11.2 Å². The molecule has 0 aliphatic carbocycles. The van der Waals surface area contributed by atoms with Gasteiger partial charge in [0, 0.05) is 24.3 Å². The minimum absolute atomic E-state index is 0.140. The number of anilines is 1. The molecule has 32 heavy (non-hydrogen) atoms. The maximum Gasteiger partial charge on any atom is 0.240 e. The maximum absolute atomic E-state index is 12.3. The monoisotopic (exact) mass is 454 g/mol. The fraction of sp³-hybridized carbons (Fsp3) is 0.136. The zero-order valence-corrected chi connectivity index (χ0v) is 18.0. The van der Waals surface area contributed by atoms with Gasteiger partial charge in [0.25, 0.3) is 0 Å². The fourth-order valence-electron chi connectivity index (χ4n) is 3.21. The number of benzene rings is 3. The van der Waals surface area contributed by atoms with Crippen LogP contribution in [0.1, 0.15) is 0 Å². The third kappa shape index (κ3) is 4.46. The number of hydrogen-bond donors (Lipinski definition) is 5. The summed E-state index contributed by atoms with van der Waals surface area (Å²) in [7, 11) is -2.15. The summed E-state index contributed by atoms with van der Waals surface area (Å²) in [6, 6.07) is 16.7. The molecule has 0 aliphatic heterocycles. The highest BCUT2D eigenvalue weighted by atomic mass is 32.2. The number of phenolic OH excluding ortho intramolecular Hbond substituents is 2. The number of aromatic nitrogens is 2. The summed E-state index contributed by atoms with van der Waals surface area (Å²) in [4.78, 5) is 7.93. The van der Waals surface area contributed by atoms with Gasteiger partial charge in [-0.15, -0.1) is 0 Å². The number of nitrogens with one attached hydrogen (secondary N) is 3. The van der Waals surface area contributed by atoms with E-state index in [2.05, 4.69) is 20.0 Å². The quantitative estimate of drug-likeness (QED) is 0.204. The van der Waals surface area contributed by atoms with Crippen LogP contribution in [-0.4, -0.2) is 48.8 Å². The first-order valence-corrected chi connectivity index (χ1v) is 11.2. The molecule has 9 nitrogen and oxygen atoms in total. The molecule has 4 rings (SSSR count). The molecule has 5 N–H and O–H groups in total. The summed E-state index contributed by atoms with van der Waals surface area (Å²) < 4.78 is 32.1. The van der Waals surface area contributed by atoms with Gasteiger partial charge in [-0.05, 0) is 42.5 Å². The molecule has 0 bridgehead atoms. The van der Waals surface area contributed by atoms with Crippen molar-refractivity contribution >= 4 is 26.7 Å². The summed E-state index contributed by atoms with van der Waals surface area (Å²) in [5.74, 6) is 0.00369. The number of aromatic hydroxyl groups is 2. The molecule has 1 heterocycles. The lowest BCUT2D eigenvalue weighted by molar-refractivity contribution is 0.351. The molecule has 0 aliphatic rings. The highest BCUT2D eigenvalue weighted by Gasteiger charge is 2.14. The molecule has 0 saturated heterocycles. The molecule has 0 radical (unpaired) electrons. The number of methoxy groups -OCH3 is 1. The van der Waals surface area contributed by atoms with Crippen molar-refractivity contribution in [2.45, 2.75) is 4.90 Å². The van der Waals surface area contributed by atoms with E-state index in [0.29, 0.717) is 23.4 Å². The summed E-state index contributed by atoms with van der Waals surface area (Å²) in [6.07, 6.45) is 0. The second kappa shape index (κ2) is 8.77. The number of phenols is 2. The Morgan fingerprint density at radius 3 is 2.56 bits per heavy atom. The van der Waals surface area contributed by atoms with E-state index in [1.807, 2.05) is 18.2 Å². The lowest BCUT2D eigenvalue weighted by Gasteiger charge is -2.08. The Bertz CT molecular complexity index is 1350. The highest BCUT2D eigenvalue weighted by Crippen LogP contribution is 2.39. The van der Waals surface area contributed by atoms with E-state index in [9.17, 15) is 18.6 Å². The molecule has 166 valence electrons. The van der Waals surface area contributed by atoms with Crippen LogP contribution in [-0.2, 0) is 10.0 Å². The van der Waals surface area contributed by atoms with Crippen LogP contribution >= 0.6 is 0 Å². The van der Waals surface area contributed by atoms with E-state index in [4.69, 9.17) is 4.74 Å². The zero-order chi connectivity index (χ0) is 22.7. The van der Waals surface area contributed by atoms with Crippen molar-refractivity contribution in [3.05, 3.63) is 60.7 Å². The van der Waals surface area contributed by atoms with Crippen LogP contribution < -0.4 is 14.8 Å². The van der Waals surface area contributed by atoms with Gasteiger partial charge in [0.05, 0.1) is 23.0 Å². The minimum atomic E-state index is -3.54. The average molecular weight is 455 g/mol. The molecule has 1 aromatic heterocycles. The van der Waals surface area contributed by atoms with Crippen LogP contribution in [0.3, 0.4) is 0 Å². The van der Waals surface area contributed by atoms with E-state index in [1.54, 1.807) is 36.4 Å². The molecular formula is C22H22N4O5S. The first-order chi connectivity index (χ1) is 15.4. The molecule has 0 saturated carbocycles. The molecule has 10 heteroatoms. The molecule has 0 unspecified atom stereocenters. The molecule has 4 aromatic rings. The number of H-pyrrole nitrogens is 1. The number of ether oxygens (including phenoxy) is 1.